The third-order valence-electron chi connectivity index (χ3n) is 10.5. The number of fused-ring (bicyclic) bond motifs is 6. The molecule has 1 aliphatic rings. The minimum atomic E-state index is -1.61. The van der Waals surface area contributed by atoms with E-state index in [0.29, 0.717) is 5.46 Å². The van der Waals surface area contributed by atoms with Gasteiger partial charge in [0.15, 0.2) is 0 Å². The van der Waals surface area contributed by atoms with Crippen molar-refractivity contribution >= 4 is 34.4 Å². The quantitative estimate of drug-likeness (QED) is 0.186. The predicted octanol–water partition coefficient (Wildman–Crippen LogP) is 9.11. The van der Waals surface area contributed by atoms with Crippen molar-refractivity contribution in [3.8, 4) is 27.9 Å². The number of hydrogen-bond donors (Lipinski definition) is 2. The number of aromatic nitrogens is 1. The fraction of sp³-hybridized carbons (Fsp3) is 0.0667. The van der Waals surface area contributed by atoms with Crippen molar-refractivity contribution in [2.45, 2.75) is 19.3 Å². The second-order valence-corrected chi connectivity index (χ2v) is 13.3. The fourth-order valence-electron chi connectivity index (χ4n) is 8.20. The SMILES string of the molecule is Cc1ccc(C2(c3ccc(C)cc3)c3ccc(-c4ccc5c(c4)c4ccccc4n5-c4ccccc4)cc3-c3c(B(O)O)cccc32)cc1. The Morgan fingerprint density at radius 2 is 1.12 bits per heavy atom. The molecule has 0 amide bonds. The molecule has 2 N–H and O–H groups in total. The largest absolute Gasteiger partial charge is 0.489 e. The Labute approximate surface area is 286 Å². The summed E-state index contributed by atoms with van der Waals surface area (Å²) in [4.78, 5) is 0. The van der Waals surface area contributed by atoms with E-state index in [2.05, 4.69) is 164 Å². The van der Waals surface area contributed by atoms with E-state index < -0.39 is 12.5 Å². The molecule has 0 bridgehead atoms. The van der Waals surface area contributed by atoms with E-state index in [0.717, 1.165) is 55.7 Å². The van der Waals surface area contributed by atoms with Gasteiger partial charge < -0.3 is 14.6 Å². The summed E-state index contributed by atoms with van der Waals surface area (Å²) in [6, 6.07) is 56.1. The molecule has 7 aromatic carbocycles. The molecule has 0 atom stereocenters. The maximum Gasteiger partial charge on any atom is 0.489 e. The van der Waals surface area contributed by atoms with Crippen LogP contribution in [0.3, 0.4) is 0 Å². The zero-order valence-corrected chi connectivity index (χ0v) is 27.4. The van der Waals surface area contributed by atoms with Gasteiger partial charge in [-0.2, -0.15) is 0 Å². The maximum atomic E-state index is 10.8. The van der Waals surface area contributed by atoms with E-state index in [1.807, 2.05) is 12.1 Å². The lowest BCUT2D eigenvalue weighted by Gasteiger charge is -2.34. The Balaban J connectivity index is 1.31. The molecule has 8 aromatic rings. The highest BCUT2D eigenvalue weighted by Crippen LogP contribution is 2.56. The molecule has 1 aromatic heterocycles. The van der Waals surface area contributed by atoms with Crippen LogP contribution in [-0.2, 0) is 5.41 Å². The molecule has 0 fully saturated rings. The number of hydrogen-bond acceptors (Lipinski definition) is 2. The van der Waals surface area contributed by atoms with Crippen molar-refractivity contribution in [3.05, 3.63) is 191 Å². The molecule has 9 rings (SSSR count). The molecule has 0 aliphatic heterocycles. The van der Waals surface area contributed by atoms with E-state index in [-0.39, 0.29) is 0 Å². The van der Waals surface area contributed by atoms with Crippen LogP contribution in [0.25, 0.3) is 49.7 Å². The Bertz CT molecular complexity index is 2480. The molecule has 3 nitrogen and oxygen atoms in total. The molecule has 0 spiro atoms. The van der Waals surface area contributed by atoms with Gasteiger partial charge in [0.25, 0.3) is 0 Å². The molecule has 234 valence electrons. The molecule has 1 aliphatic carbocycles. The lowest BCUT2D eigenvalue weighted by Crippen LogP contribution is -2.33. The van der Waals surface area contributed by atoms with Crippen molar-refractivity contribution in [2.75, 3.05) is 0 Å². The first-order valence-corrected chi connectivity index (χ1v) is 16.8. The highest BCUT2D eigenvalue weighted by molar-refractivity contribution is 6.60. The molecular formula is C45H34BNO2. The predicted molar refractivity (Wildman–Crippen MR) is 203 cm³/mol. The smallest absolute Gasteiger partial charge is 0.423 e. The van der Waals surface area contributed by atoms with Gasteiger partial charge in [0, 0.05) is 16.5 Å². The normalized spacial score (nSPS) is 13.1. The van der Waals surface area contributed by atoms with Crippen LogP contribution in [0.4, 0.5) is 0 Å². The van der Waals surface area contributed by atoms with Gasteiger partial charge in [-0.05, 0) is 100 Å². The monoisotopic (exact) mass is 631 g/mol. The molecule has 0 saturated heterocycles. The Hall–Kier alpha value is -5.68. The van der Waals surface area contributed by atoms with Gasteiger partial charge >= 0.3 is 7.12 Å². The lowest BCUT2D eigenvalue weighted by atomic mass is 9.66. The standard InChI is InChI=1S/C45H34BNO2/c1-29-15-21-33(22-16-29)45(34-23-17-30(2)18-24-34)39-25-19-31(28-38(39)44-40(45)12-8-13-41(44)46(48)49)32-20-26-43-37(27-32)36-11-6-7-14-42(36)47(43)35-9-4-3-5-10-35/h3-28,48-49H,1-2H3. The van der Waals surface area contributed by atoms with Gasteiger partial charge in [-0.25, -0.2) is 0 Å². The lowest BCUT2D eigenvalue weighted by molar-refractivity contribution is 0.426. The molecular weight excluding hydrogens is 597 g/mol. The summed E-state index contributed by atoms with van der Waals surface area (Å²) in [5.74, 6) is 0. The third kappa shape index (κ3) is 4.38. The average molecular weight is 632 g/mol. The first kappa shape index (κ1) is 29.5. The summed E-state index contributed by atoms with van der Waals surface area (Å²) in [5.41, 5.74) is 14.3. The second kappa shape index (κ2) is 11.2. The van der Waals surface area contributed by atoms with E-state index in [4.69, 9.17) is 0 Å². The van der Waals surface area contributed by atoms with Crippen LogP contribution in [0, 0.1) is 13.8 Å². The number of benzene rings is 7. The summed E-state index contributed by atoms with van der Waals surface area (Å²) in [5, 5.41) is 23.9. The summed E-state index contributed by atoms with van der Waals surface area (Å²) in [7, 11) is -1.61. The molecule has 49 heavy (non-hydrogen) atoms. The Kier molecular flexibility index (Phi) is 6.74. The van der Waals surface area contributed by atoms with E-state index in [9.17, 15) is 10.0 Å². The van der Waals surface area contributed by atoms with Crippen molar-refractivity contribution in [2.24, 2.45) is 0 Å². The summed E-state index contributed by atoms with van der Waals surface area (Å²) in [6.45, 7) is 4.22. The minimum absolute atomic E-state index is 0.512. The van der Waals surface area contributed by atoms with Crippen LogP contribution in [0.2, 0.25) is 0 Å². The van der Waals surface area contributed by atoms with Gasteiger partial charge in [0.1, 0.15) is 0 Å². The van der Waals surface area contributed by atoms with Gasteiger partial charge in [-0.3, -0.25) is 0 Å². The molecule has 4 heteroatoms. The van der Waals surface area contributed by atoms with Gasteiger partial charge in [0.05, 0.1) is 16.4 Å². The summed E-state index contributed by atoms with van der Waals surface area (Å²) >= 11 is 0. The van der Waals surface area contributed by atoms with Gasteiger partial charge in [-0.1, -0.05) is 132 Å². The number of rotatable bonds is 5. The topological polar surface area (TPSA) is 45.4 Å². The number of nitrogens with zero attached hydrogens (tertiary/aromatic N) is 1. The average Bonchev–Trinajstić information content (AvgIpc) is 3.63. The zero-order valence-electron chi connectivity index (χ0n) is 27.4. The molecule has 0 radical (unpaired) electrons. The van der Waals surface area contributed by atoms with Crippen molar-refractivity contribution in [1.82, 2.24) is 4.57 Å². The Morgan fingerprint density at radius 3 is 1.82 bits per heavy atom. The number of para-hydroxylation sites is 2. The summed E-state index contributed by atoms with van der Waals surface area (Å²) < 4.78 is 2.33. The maximum absolute atomic E-state index is 10.8. The molecule has 1 heterocycles. The van der Waals surface area contributed by atoms with Crippen molar-refractivity contribution < 1.29 is 10.0 Å². The van der Waals surface area contributed by atoms with E-state index >= 15 is 0 Å². The number of aryl methyl sites for hydroxylation is 2. The van der Waals surface area contributed by atoms with Gasteiger partial charge in [-0.15, -0.1) is 0 Å². The highest BCUT2D eigenvalue weighted by Gasteiger charge is 2.47. The van der Waals surface area contributed by atoms with Crippen LogP contribution >= 0.6 is 0 Å². The fourth-order valence-corrected chi connectivity index (χ4v) is 8.20. The van der Waals surface area contributed by atoms with E-state index in [1.165, 1.54) is 27.4 Å². The summed E-state index contributed by atoms with van der Waals surface area (Å²) in [6.07, 6.45) is 0. The highest BCUT2D eigenvalue weighted by atomic mass is 16.4. The molecule has 0 unspecified atom stereocenters. The van der Waals surface area contributed by atoms with Crippen LogP contribution in [-0.4, -0.2) is 21.7 Å². The van der Waals surface area contributed by atoms with Crippen molar-refractivity contribution in [3.63, 3.8) is 0 Å². The zero-order chi connectivity index (χ0) is 33.3. The van der Waals surface area contributed by atoms with Crippen LogP contribution in [0.5, 0.6) is 0 Å². The third-order valence-corrected chi connectivity index (χ3v) is 10.5. The van der Waals surface area contributed by atoms with Crippen molar-refractivity contribution in [1.29, 1.82) is 0 Å². The van der Waals surface area contributed by atoms with Crippen LogP contribution in [0.15, 0.2) is 158 Å². The van der Waals surface area contributed by atoms with E-state index in [1.54, 1.807) is 0 Å². The second-order valence-electron chi connectivity index (χ2n) is 13.3. The minimum Gasteiger partial charge on any atom is -0.423 e. The Morgan fingerprint density at radius 1 is 0.510 bits per heavy atom. The van der Waals surface area contributed by atoms with Crippen LogP contribution < -0.4 is 5.46 Å². The van der Waals surface area contributed by atoms with Crippen LogP contribution in [0.1, 0.15) is 33.4 Å². The van der Waals surface area contributed by atoms with Gasteiger partial charge in [0.2, 0.25) is 0 Å². The molecule has 0 saturated carbocycles. The first-order chi connectivity index (χ1) is 23.9. The first-order valence-electron chi connectivity index (χ1n) is 16.8.